The molecule has 2 rings (SSSR count). The van der Waals surface area contributed by atoms with Crippen LogP contribution < -0.4 is 10.1 Å². The van der Waals surface area contributed by atoms with Gasteiger partial charge in [0.15, 0.2) is 0 Å². The van der Waals surface area contributed by atoms with Crippen LogP contribution in [0.15, 0.2) is 41.1 Å². The van der Waals surface area contributed by atoms with E-state index < -0.39 is 0 Å². The highest BCUT2D eigenvalue weighted by atomic mass is 32.1. The number of para-hydroxylation sites is 1. The molecule has 0 aliphatic carbocycles. The average molecular weight is 247 g/mol. The Hall–Kier alpha value is -1.48. The van der Waals surface area contributed by atoms with Gasteiger partial charge in [-0.25, -0.2) is 0 Å². The molecule has 2 nitrogen and oxygen atoms in total. The van der Waals surface area contributed by atoms with Crippen LogP contribution in [0.2, 0.25) is 0 Å². The molecule has 1 unspecified atom stereocenters. The zero-order valence-electron chi connectivity index (χ0n) is 10.1. The van der Waals surface area contributed by atoms with Gasteiger partial charge in [-0.05, 0) is 31.4 Å². The van der Waals surface area contributed by atoms with Gasteiger partial charge in [0.05, 0.1) is 12.6 Å². The Labute approximate surface area is 106 Å². The predicted octanol–water partition coefficient (Wildman–Crippen LogP) is 4.32. The topological polar surface area (TPSA) is 21.3 Å². The van der Waals surface area contributed by atoms with Gasteiger partial charge in [-0.2, -0.15) is 11.3 Å². The largest absolute Gasteiger partial charge is 0.494 e. The van der Waals surface area contributed by atoms with Crippen LogP contribution in [0.25, 0.3) is 0 Å². The van der Waals surface area contributed by atoms with Crippen LogP contribution >= 0.6 is 11.3 Å². The normalized spacial score (nSPS) is 12.1. The summed E-state index contributed by atoms with van der Waals surface area (Å²) in [4.78, 5) is 0. The van der Waals surface area contributed by atoms with E-state index >= 15 is 0 Å². The first-order valence-electron chi connectivity index (χ1n) is 5.81. The molecular weight excluding hydrogens is 230 g/mol. The van der Waals surface area contributed by atoms with E-state index in [0.29, 0.717) is 6.61 Å². The molecule has 0 fully saturated rings. The van der Waals surface area contributed by atoms with Gasteiger partial charge in [-0.3, -0.25) is 0 Å². The molecule has 1 aromatic carbocycles. The highest BCUT2D eigenvalue weighted by Gasteiger charge is 2.10. The SMILES string of the molecule is CCOc1ccccc1C(C)Nc1ccsc1. The van der Waals surface area contributed by atoms with Crippen molar-refractivity contribution in [2.24, 2.45) is 0 Å². The van der Waals surface area contributed by atoms with Crippen LogP contribution in [-0.2, 0) is 0 Å². The Bertz CT molecular complexity index is 453. The van der Waals surface area contributed by atoms with Crippen molar-refractivity contribution < 1.29 is 4.74 Å². The summed E-state index contributed by atoms with van der Waals surface area (Å²) in [5.74, 6) is 0.963. The molecule has 0 spiro atoms. The van der Waals surface area contributed by atoms with E-state index in [4.69, 9.17) is 4.74 Å². The maximum atomic E-state index is 5.64. The lowest BCUT2D eigenvalue weighted by Gasteiger charge is -2.18. The Morgan fingerprint density at radius 3 is 2.82 bits per heavy atom. The molecule has 0 saturated carbocycles. The van der Waals surface area contributed by atoms with E-state index in [-0.39, 0.29) is 6.04 Å². The number of hydrogen-bond donors (Lipinski definition) is 1. The zero-order chi connectivity index (χ0) is 12.1. The number of rotatable bonds is 5. The third-order valence-corrected chi connectivity index (χ3v) is 3.27. The van der Waals surface area contributed by atoms with Gasteiger partial charge in [0.2, 0.25) is 0 Å². The molecule has 0 amide bonds. The molecule has 0 radical (unpaired) electrons. The fourth-order valence-corrected chi connectivity index (χ4v) is 2.40. The van der Waals surface area contributed by atoms with E-state index in [1.54, 1.807) is 11.3 Å². The Morgan fingerprint density at radius 1 is 1.29 bits per heavy atom. The first-order valence-corrected chi connectivity index (χ1v) is 6.76. The molecule has 1 N–H and O–H groups in total. The number of nitrogens with one attached hydrogen (secondary N) is 1. The molecular formula is C14H17NOS. The quantitative estimate of drug-likeness (QED) is 0.849. The summed E-state index contributed by atoms with van der Waals surface area (Å²) in [5, 5.41) is 7.65. The number of hydrogen-bond acceptors (Lipinski definition) is 3. The van der Waals surface area contributed by atoms with Crippen LogP contribution in [0.4, 0.5) is 5.69 Å². The number of benzene rings is 1. The molecule has 3 heteroatoms. The van der Waals surface area contributed by atoms with Gasteiger partial charge < -0.3 is 10.1 Å². The van der Waals surface area contributed by atoms with Crippen molar-refractivity contribution in [2.75, 3.05) is 11.9 Å². The lowest BCUT2D eigenvalue weighted by Crippen LogP contribution is -2.08. The molecule has 0 aliphatic heterocycles. The van der Waals surface area contributed by atoms with E-state index in [1.807, 2.05) is 25.1 Å². The molecule has 90 valence electrons. The average Bonchev–Trinajstić information content (AvgIpc) is 2.83. The Kier molecular flexibility index (Phi) is 4.04. The lowest BCUT2D eigenvalue weighted by atomic mass is 10.1. The summed E-state index contributed by atoms with van der Waals surface area (Å²) in [7, 11) is 0. The molecule has 1 aromatic heterocycles. The predicted molar refractivity (Wildman–Crippen MR) is 74.0 cm³/mol. The molecule has 1 heterocycles. The highest BCUT2D eigenvalue weighted by Crippen LogP contribution is 2.28. The van der Waals surface area contributed by atoms with Gasteiger partial charge >= 0.3 is 0 Å². The molecule has 0 aliphatic rings. The summed E-state index contributed by atoms with van der Waals surface area (Å²) >= 11 is 1.70. The standard InChI is InChI=1S/C14H17NOS/c1-3-16-14-7-5-4-6-13(14)11(2)15-12-8-9-17-10-12/h4-11,15H,3H2,1-2H3. The van der Waals surface area contributed by atoms with Gasteiger partial charge in [0.1, 0.15) is 5.75 Å². The minimum atomic E-state index is 0.243. The molecule has 0 saturated heterocycles. The molecule has 0 bridgehead atoms. The molecule has 1 atom stereocenters. The molecule has 17 heavy (non-hydrogen) atoms. The fraction of sp³-hybridized carbons (Fsp3) is 0.286. The van der Waals surface area contributed by atoms with Crippen molar-refractivity contribution in [3.63, 3.8) is 0 Å². The minimum Gasteiger partial charge on any atom is -0.494 e. The maximum absolute atomic E-state index is 5.64. The van der Waals surface area contributed by atoms with E-state index in [9.17, 15) is 0 Å². The van der Waals surface area contributed by atoms with E-state index in [1.165, 1.54) is 5.56 Å². The highest BCUT2D eigenvalue weighted by molar-refractivity contribution is 7.08. The Balaban J connectivity index is 2.15. The second-order valence-electron chi connectivity index (χ2n) is 3.85. The van der Waals surface area contributed by atoms with Gasteiger partial charge in [-0.15, -0.1) is 0 Å². The summed E-state index contributed by atoms with van der Waals surface area (Å²) in [6.45, 7) is 4.85. The fourth-order valence-electron chi connectivity index (χ4n) is 1.80. The van der Waals surface area contributed by atoms with Crippen molar-refractivity contribution in [3.05, 3.63) is 46.7 Å². The van der Waals surface area contributed by atoms with Crippen molar-refractivity contribution in [1.82, 2.24) is 0 Å². The maximum Gasteiger partial charge on any atom is 0.124 e. The van der Waals surface area contributed by atoms with Crippen LogP contribution in [-0.4, -0.2) is 6.61 Å². The Morgan fingerprint density at radius 2 is 2.12 bits per heavy atom. The second kappa shape index (κ2) is 5.73. The monoisotopic (exact) mass is 247 g/mol. The summed E-state index contributed by atoms with van der Waals surface area (Å²) in [6.07, 6.45) is 0. The second-order valence-corrected chi connectivity index (χ2v) is 4.63. The summed E-state index contributed by atoms with van der Waals surface area (Å²) in [6, 6.07) is 10.5. The summed E-state index contributed by atoms with van der Waals surface area (Å²) in [5.41, 5.74) is 2.36. The van der Waals surface area contributed by atoms with Crippen molar-refractivity contribution in [3.8, 4) is 5.75 Å². The van der Waals surface area contributed by atoms with Crippen molar-refractivity contribution >= 4 is 17.0 Å². The van der Waals surface area contributed by atoms with E-state index in [0.717, 1.165) is 11.4 Å². The van der Waals surface area contributed by atoms with Crippen molar-refractivity contribution in [2.45, 2.75) is 19.9 Å². The number of thiophene rings is 1. The minimum absolute atomic E-state index is 0.243. The first kappa shape index (κ1) is 12.0. The van der Waals surface area contributed by atoms with Crippen molar-refractivity contribution in [1.29, 1.82) is 0 Å². The third-order valence-electron chi connectivity index (χ3n) is 2.59. The van der Waals surface area contributed by atoms with Crippen LogP contribution in [0.3, 0.4) is 0 Å². The lowest BCUT2D eigenvalue weighted by molar-refractivity contribution is 0.335. The van der Waals surface area contributed by atoms with E-state index in [2.05, 4.69) is 35.1 Å². The number of anilines is 1. The number of ether oxygens (including phenoxy) is 1. The first-order chi connectivity index (χ1) is 8.31. The van der Waals surface area contributed by atoms with Crippen LogP contribution in [0, 0.1) is 0 Å². The van der Waals surface area contributed by atoms with Crippen LogP contribution in [0.1, 0.15) is 25.5 Å². The molecule has 2 aromatic rings. The van der Waals surface area contributed by atoms with Crippen LogP contribution in [0.5, 0.6) is 5.75 Å². The van der Waals surface area contributed by atoms with Gasteiger partial charge in [0, 0.05) is 16.6 Å². The summed E-state index contributed by atoms with van der Waals surface area (Å²) < 4.78 is 5.64. The zero-order valence-corrected chi connectivity index (χ0v) is 11.0. The smallest absolute Gasteiger partial charge is 0.124 e. The third kappa shape index (κ3) is 3.01. The van der Waals surface area contributed by atoms with Gasteiger partial charge in [-0.1, -0.05) is 18.2 Å². The van der Waals surface area contributed by atoms with Gasteiger partial charge in [0.25, 0.3) is 0 Å².